The Kier molecular flexibility index (Phi) is 5.73. The first-order valence-corrected chi connectivity index (χ1v) is 6.05. The Labute approximate surface area is 96.8 Å². The van der Waals surface area contributed by atoms with E-state index in [0.29, 0.717) is 5.92 Å². The summed E-state index contributed by atoms with van der Waals surface area (Å²) in [4.78, 5) is 0. The second-order valence-electron chi connectivity index (χ2n) is 3.86. The van der Waals surface area contributed by atoms with Gasteiger partial charge >= 0.3 is 0 Å². The highest BCUT2D eigenvalue weighted by molar-refractivity contribution is 6.17. The smallest absolute Gasteiger partial charge is 0.0762 e. The summed E-state index contributed by atoms with van der Waals surface area (Å²) < 4.78 is 1.83. The van der Waals surface area contributed by atoms with E-state index < -0.39 is 0 Å². The Morgan fingerprint density at radius 1 is 1.60 bits per heavy atom. The molecule has 15 heavy (non-hydrogen) atoms. The zero-order valence-electron chi connectivity index (χ0n) is 9.54. The normalized spacial score (nSPS) is 13.0. The van der Waals surface area contributed by atoms with Crippen molar-refractivity contribution in [1.29, 1.82) is 0 Å². The monoisotopic (exact) mass is 229 g/mol. The van der Waals surface area contributed by atoms with Gasteiger partial charge in [0.25, 0.3) is 0 Å². The Morgan fingerprint density at radius 3 is 2.93 bits per heavy atom. The summed E-state index contributed by atoms with van der Waals surface area (Å²) in [5.74, 6) is 1.44. The van der Waals surface area contributed by atoms with Gasteiger partial charge in [-0.25, -0.2) is 0 Å². The third kappa shape index (κ3) is 4.67. The van der Waals surface area contributed by atoms with Crippen LogP contribution in [0.25, 0.3) is 0 Å². The minimum Gasteiger partial charge on any atom is -0.311 e. The van der Waals surface area contributed by atoms with E-state index in [4.69, 9.17) is 11.6 Å². The molecule has 1 unspecified atom stereocenters. The number of halogens is 1. The topological polar surface area (TPSA) is 29.9 Å². The molecule has 1 N–H and O–H groups in total. The van der Waals surface area contributed by atoms with Crippen molar-refractivity contribution in [3.63, 3.8) is 0 Å². The minimum absolute atomic E-state index is 0.686. The largest absolute Gasteiger partial charge is 0.311 e. The van der Waals surface area contributed by atoms with Crippen molar-refractivity contribution in [3.05, 3.63) is 18.0 Å². The molecule has 3 nitrogen and oxygen atoms in total. The lowest BCUT2D eigenvalue weighted by Gasteiger charge is -2.13. The maximum absolute atomic E-state index is 5.73. The van der Waals surface area contributed by atoms with Crippen LogP contribution in [0.2, 0.25) is 0 Å². The first-order valence-electron chi connectivity index (χ1n) is 5.51. The van der Waals surface area contributed by atoms with Gasteiger partial charge in [-0.05, 0) is 24.9 Å². The molecule has 1 heterocycles. The molecule has 1 rings (SSSR count). The van der Waals surface area contributed by atoms with Gasteiger partial charge in [0.2, 0.25) is 0 Å². The van der Waals surface area contributed by atoms with E-state index in [-0.39, 0.29) is 0 Å². The lowest BCUT2D eigenvalue weighted by atomic mass is 10.0. The van der Waals surface area contributed by atoms with E-state index in [9.17, 15) is 0 Å². The van der Waals surface area contributed by atoms with Crippen LogP contribution >= 0.6 is 11.6 Å². The minimum atomic E-state index is 0.686. The van der Waals surface area contributed by atoms with Gasteiger partial charge in [0.1, 0.15) is 0 Å². The highest BCUT2D eigenvalue weighted by atomic mass is 35.5. The SMILES string of the molecule is CCC(CCCl)CNCc1ccn(C)n1. The second-order valence-corrected chi connectivity index (χ2v) is 4.24. The van der Waals surface area contributed by atoms with Crippen LogP contribution in [0.3, 0.4) is 0 Å². The van der Waals surface area contributed by atoms with E-state index in [1.807, 2.05) is 24.0 Å². The highest BCUT2D eigenvalue weighted by Gasteiger charge is 2.05. The third-order valence-electron chi connectivity index (χ3n) is 2.60. The second kappa shape index (κ2) is 6.85. The van der Waals surface area contributed by atoms with Gasteiger partial charge in [-0.3, -0.25) is 4.68 Å². The molecule has 86 valence electrons. The van der Waals surface area contributed by atoms with Crippen molar-refractivity contribution < 1.29 is 0 Å². The van der Waals surface area contributed by atoms with Crippen molar-refractivity contribution in [1.82, 2.24) is 15.1 Å². The van der Waals surface area contributed by atoms with Gasteiger partial charge < -0.3 is 5.32 Å². The predicted molar refractivity (Wildman–Crippen MR) is 64.0 cm³/mol. The van der Waals surface area contributed by atoms with Gasteiger partial charge in [-0.15, -0.1) is 11.6 Å². The van der Waals surface area contributed by atoms with Crippen LogP contribution in [0.5, 0.6) is 0 Å². The van der Waals surface area contributed by atoms with E-state index >= 15 is 0 Å². The summed E-state index contributed by atoms with van der Waals surface area (Å²) in [6, 6.07) is 2.04. The zero-order valence-corrected chi connectivity index (χ0v) is 10.3. The fourth-order valence-corrected chi connectivity index (χ4v) is 1.88. The first kappa shape index (κ1) is 12.5. The van der Waals surface area contributed by atoms with Crippen molar-refractivity contribution in [2.24, 2.45) is 13.0 Å². The van der Waals surface area contributed by atoms with Gasteiger partial charge in [-0.2, -0.15) is 5.10 Å². The lowest BCUT2D eigenvalue weighted by molar-refractivity contribution is 0.449. The van der Waals surface area contributed by atoms with Crippen molar-refractivity contribution in [2.45, 2.75) is 26.3 Å². The molecule has 1 aromatic heterocycles. The fraction of sp³-hybridized carbons (Fsp3) is 0.727. The predicted octanol–water partition coefficient (Wildman–Crippen LogP) is 2.16. The van der Waals surface area contributed by atoms with E-state index in [2.05, 4.69) is 17.3 Å². The van der Waals surface area contributed by atoms with Crippen LogP contribution in [0, 0.1) is 5.92 Å². The van der Waals surface area contributed by atoms with Gasteiger partial charge in [-0.1, -0.05) is 13.3 Å². The third-order valence-corrected chi connectivity index (χ3v) is 2.82. The number of alkyl halides is 1. The Balaban J connectivity index is 2.20. The molecular weight excluding hydrogens is 210 g/mol. The van der Waals surface area contributed by atoms with Gasteiger partial charge in [0.15, 0.2) is 0 Å². The molecule has 0 fully saturated rings. The van der Waals surface area contributed by atoms with Crippen molar-refractivity contribution in [2.75, 3.05) is 12.4 Å². The summed E-state index contributed by atoms with van der Waals surface area (Å²) in [6.45, 7) is 4.08. The molecule has 0 radical (unpaired) electrons. The molecule has 0 aromatic carbocycles. The Morgan fingerprint density at radius 2 is 2.40 bits per heavy atom. The molecule has 0 aliphatic carbocycles. The lowest BCUT2D eigenvalue weighted by Crippen LogP contribution is -2.22. The van der Waals surface area contributed by atoms with Gasteiger partial charge in [0, 0.05) is 25.7 Å². The molecule has 0 spiro atoms. The molecular formula is C11H20ClN3. The van der Waals surface area contributed by atoms with E-state index in [0.717, 1.165) is 31.1 Å². The van der Waals surface area contributed by atoms with Crippen LogP contribution in [-0.4, -0.2) is 22.2 Å². The van der Waals surface area contributed by atoms with Crippen LogP contribution < -0.4 is 5.32 Å². The van der Waals surface area contributed by atoms with Crippen molar-refractivity contribution in [3.8, 4) is 0 Å². The summed E-state index contributed by atoms with van der Waals surface area (Å²) in [7, 11) is 1.94. The molecule has 1 atom stereocenters. The molecule has 0 aliphatic heterocycles. The van der Waals surface area contributed by atoms with Gasteiger partial charge in [0.05, 0.1) is 5.69 Å². The maximum Gasteiger partial charge on any atom is 0.0762 e. The van der Waals surface area contributed by atoms with Crippen LogP contribution in [0.1, 0.15) is 25.5 Å². The molecule has 0 saturated heterocycles. The zero-order chi connectivity index (χ0) is 11.1. The molecule has 0 amide bonds. The number of nitrogens with one attached hydrogen (secondary N) is 1. The summed E-state index contributed by atoms with van der Waals surface area (Å²) in [5.41, 5.74) is 1.10. The molecule has 1 aromatic rings. The number of hydrogen-bond donors (Lipinski definition) is 1. The van der Waals surface area contributed by atoms with Crippen LogP contribution in [0.4, 0.5) is 0 Å². The van der Waals surface area contributed by atoms with E-state index in [1.54, 1.807) is 0 Å². The highest BCUT2D eigenvalue weighted by Crippen LogP contribution is 2.07. The maximum atomic E-state index is 5.73. The van der Waals surface area contributed by atoms with Crippen LogP contribution in [-0.2, 0) is 13.6 Å². The molecule has 0 bridgehead atoms. The summed E-state index contributed by atoms with van der Waals surface area (Å²) in [6.07, 6.45) is 4.24. The number of aryl methyl sites for hydroxylation is 1. The summed E-state index contributed by atoms with van der Waals surface area (Å²) >= 11 is 5.73. The molecule has 0 saturated carbocycles. The Bertz CT molecular complexity index is 273. The number of aromatic nitrogens is 2. The first-order chi connectivity index (χ1) is 7.26. The molecule has 0 aliphatic rings. The standard InChI is InChI=1S/C11H20ClN3/c1-3-10(4-6-12)8-13-9-11-5-7-15(2)14-11/h5,7,10,13H,3-4,6,8-9H2,1-2H3. The number of hydrogen-bond acceptors (Lipinski definition) is 2. The fourth-order valence-electron chi connectivity index (χ4n) is 1.57. The van der Waals surface area contributed by atoms with Crippen LogP contribution in [0.15, 0.2) is 12.3 Å². The average molecular weight is 230 g/mol. The van der Waals surface area contributed by atoms with Crippen molar-refractivity contribution >= 4 is 11.6 Å². The summed E-state index contributed by atoms with van der Waals surface area (Å²) in [5, 5.41) is 7.72. The van der Waals surface area contributed by atoms with E-state index in [1.165, 1.54) is 6.42 Å². The number of rotatable bonds is 7. The Hall–Kier alpha value is -0.540. The average Bonchev–Trinajstić information content (AvgIpc) is 2.63. The molecule has 4 heteroatoms. The number of nitrogens with zero attached hydrogens (tertiary/aromatic N) is 2. The quantitative estimate of drug-likeness (QED) is 0.727.